The Kier molecular flexibility index (Phi) is 6.78. The van der Waals surface area contributed by atoms with E-state index in [2.05, 4.69) is 20.9 Å². The molecule has 3 rings (SSSR count). The highest BCUT2D eigenvalue weighted by molar-refractivity contribution is 5.97. The van der Waals surface area contributed by atoms with Crippen LogP contribution >= 0.6 is 0 Å². The van der Waals surface area contributed by atoms with Crippen molar-refractivity contribution in [3.63, 3.8) is 0 Å². The van der Waals surface area contributed by atoms with E-state index >= 15 is 0 Å². The van der Waals surface area contributed by atoms with Gasteiger partial charge in [0.15, 0.2) is 5.96 Å². The molecule has 1 saturated heterocycles. The Morgan fingerprint density at radius 2 is 1.66 bits per heavy atom. The monoisotopic (exact) mass is 397 g/mol. The SMILES string of the molecule is CN=C(NCc1ccc(F)cc1)NCc1ccc(C(=O)N2CCNC(=O)C2)cc1. The summed E-state index contributed by atoms with van der Waals surface area (Å²) >= 11 is 0. The van der Waals surface area contributed by atoms with Crippen LogP contribution in [0.2, 0.25) is 0 Å². The minimum absolute atomic E-state index is 0.0954. The maximum absolute atomic E-state index is 13.0. The summed E-state index contributed by atoms with van der Waals surface area (Å²) in [6, 6.07) is 13.6. The molecule has 2 amide bonds. The highest BCUT2D eigenvalue weighted by Crippen LogP contribution is 2.09. The zero-order valence-electron chi connectivity index (χ0n) is 16.2. The lowest BCUT2D eigenvalue weighted by molar-refractivity contribution is -0.123. The van der Waals surface area contributed by atoms with Crippen LogP contribution in [0, 0.1) is 5.82 Å². The van der Waals surface area contributed by atoms with Crippen molar-refractivity contribution in [2.45, 2.75) is 13.1 Å². The van der Waals surface area contributed by atoms with Crippen molar-refractivity contribution in [3.8, 4) is 0 Å². The van der Waals surface area contributed by atoms with E-state index in [4.69, 9.17) is 0 Å². The van der Waals surface area contributed by atoms with Gasteiger partial charge in [0.05, 0.1) is 6.54 Å². The standard InChI is InChI=1S/C21H24FN5O2/c1-23-21(26-13-16-4-8-18(22)9-5-16)25-12-15-2-6-17(7-3-15)20(29)27-11-10-24-19(28)14-27/h2-9H,10-14H2,1H3,(H,24,28)(H2,23,25,26). The van der Waals surface area contributed by atoms with Gasteiger partial charge in [-0.15, -0.1) is 0 Å². The molecule has 2 aromatic rings. The Labute approximate surface area is 169 Å². The van der Waals surface area contributed by atoms with Gasteiger partial charge in [-0.1, -0.05) is 24.3 Å². The topological polar surface area (TPSA) is 85.8 Å². The Bertz CT molecular complexity index is 881. The number of nitrogens with one attached hydrogen (secondary N) is 3. The van der Waals surface area contributed by atoms with Crippen LogP contribution in [0.3, 0.4) is 0 Å². The fourth-order valence-corrected chi connectivity index (χ4v) is 2.95. The summed E-state index contributed by atoms with van der Waals surface area (Å²) in [4.78, 5) is 29.7. The van der Waals surface area contributed by atoms with Crippen LogP contribution in [-0.2, 0) is 17.9 Å². The van der Waals surface area contributed by atoms with Gasteiger partial charge in [-0.2, -0.15) is 0 Å². The molecular weight excluding hydrogens is 373 g/mol. The Morgan fingerprint density at radius 1 is 1.07 bits per heavy atom. The van der Waals surface area contributed by atoms with Crippen LogP contribution in [0.1, 0.15) is 21.5 Å². The lowest BCUT2D eigenvalue weighted by atomic mass is 10.1. The molecule has 7 nitrogen and oxygen atoms in total. The van der Waals surface area contributed by atoms with Gasteiger partial charge < -0.3 is 20.9 Å². The maximum atomic E-state index is 13.0. The first-order valence-electron chi connectivity index (χ1n) is 9.39. The third-order valence-electron chi connectivity index (χ3n) is 4.58. The predicted molar refractivity (Wildman–Crippen MR) is 109 cm³/mol. The van der Waals surface area contributed by atoms with Gasteiger partial charge in [0.25, 0.3) is 5.91 Å². The van der Waals surface area contributed by atoms with Crippen molar-refractivity contribution in [1.82, 2.24) is 20.9 Å². The molecule has 1 fully saturated rings. The molecule has 0 aliphatic carbocycles. The van der Waals surface area contributed by atoms with Crippen molar-refractivity contribution in [2.24, 2.45) is 4.99 Å². The van der Waals surface area contributed by atoms with Crippen molar-refractivity contribution in [2.75, 3.05) is 26.7 Å². The van der Waals surface area contributed by atoms with E-state index in [0.717, 1.165) is 11.1 Å². The number of guanidine groups is 1. The summed E-state index contributed by atoms with van der Waals surface area (Å²) in [5.74, 6) is 0.0802. The quantitative estimate of drug-likeness (QED) is 0.524. The third kappa shape index (κ3) is 5.78. The van der Waals surface area contributed by atoms with Crippen LogP contribution in [0.15, 0.2) is 53.5 Å². The summed E-state index contributed by atoms with van der Waals surface area (Å²) in [6.45, 7) is 2.15. The Hall–Kier alpha value is -3.42. The zero-order chi connectivity index (χ0) is 20.6. The summed E-state index contributed by atoms with van der Waals surface area (Å²) in [5, 5.41) is 9.08. The van der Waals surface area contributed by atoms with Gasteiger partial charge in [-0.3, -0.25) is 14.6 Å². The molecule has 8 heteroatoms. The van der Waals surface area contributed by atoms with E-state index in [1.807, 2.05) is 12.1 Å². The predicted octanol–water partition coefficient (Wildman–Crippen LogP) is 1.26. The van der Waals surface area contributed by atoms with Gasteiger partial charge in [0.1, 0.15) is 5.82 Å². The Balaban J connectivity index is 1.50. The van der Waals surface area contributed by atoms with Gasteiger partial charge in [0, 0.05) is 38.8 Å². The molecule has 29 heavy (non-hydrogen) atoms. The highest BCUT2D eigenvalue weighted by Gasteiger charge is 2.22. The summed E-state index contributed by atoms with van der Waals surface area (Å²) in [5.41, 5.74) is 2.49. The number of piperazine rings is 1. The molecule has 0 aromatic heterocycles. The van der Waals surface area contributed by atoms with E-state index in [1.165, 1.54) is 12.1 Å². The second-order valence-electron chi connectivity index (χ2n) is 6.68. The number of aliphatic imine (C=N–C) groups is 1. The number of carbonyl (C=O) groups excluding carboxylic acids is 2. The summed E-state index contributed by atoms with van der Waals surface area (Å²) < 4.78 is 13.0. The smallest absolute Gasteiger partial charge is 0.254 e. The molecule has 1 aliphatic rings. The largest absolute Gasteiger partial charge is 0.353 e. The van der Waals surface area contributed by atoms with E-state index in [0.29, 0.717) is 37.7 Å². The molecule has 1 aliphatic heterocycles. The molecule has 0 saturated carbocycles. The normalized spacial score (nSPS) is 14.3. The van der Waals surface area contributed by atoms with E-state index in [1.54, 1.807) is 36.2 Å². The Morgan fingerprint density at radius 3 is 2.21 bits per heavy atom. The number of halogens is 1. The van der Waals surface area contributed by atoms with Crippen LogP contribution in [0.25, 0.3) is 0 Å². The first-order valence-corrected chi connectivity index (χ1v) is 9.39. The van der Waals surface area contributed by atoms with Gasteiger partial charge >= 0.3 is 0 Å². The molecule has 2 aromatic carbocycles. The lowest BCUT2D eigenvalue weighted by Gasteiger charge is -2.26. The number of nitrogens with zero attached hydrogens (tertiary/aromatic N) is 2. The second kappa shape index (κ2) is 9.68. The van der Waals surface area contributed by atoms with Gasteiger partial charge in [-0.25, -0.2) is 4.39 Å². The van der Waals surface area contributed by atoms with Crippen LogP contribution in [-0.4, -0.2) is 49.4 Å². The molecular formula is C21H24FN5O2. The fourth-order valence-electron chi connectivity index (χ4n) is 2.95. The number of hydrogen-bond donors (Lipinski definition) is 3. The van der Waals surface area contributed by atoms with E-state index in [9.17, 15) is 14.0 Å². The average molecular weight is 397 g/mol. The molecule has 0 bridgehead atoms. The minimum Gasteiger partial charge on any atom is -0.353 e. The average Bonchev–Trinajstić information content (AvgIpc) is 2.75. The van der Waals surface area contributed by atoms with Crippen molar-refractivity contribution >= 4 is 17.8 Å². The number of benzene rings is 2. The van der Waals surface area contributed by atoms with Crippen LogP contribution < -0.4 is 16.0 Å². The molecule has 0 atom stereocenters. The van der Waals surface area contributed by atoms with Gasteiger partial charge in [-0.05, 0) is 35.4 Å². The lowest BCUT2D eigenvalue weighted by Crippen LogP contribution is -2.49. The molecule has 1 heterocycles. The molecule has 0 radical (unpaired) electrons. The van der Waals surface area contributed by atoms with E-state index in [-0.39, 0.29) is 24.2 Å². The van der Waals surface area contributed by atoms with Crippen LogP contribution in [0.4, 0.5) is 4.39 Å². The second-order valence-corrected chi connectivity index (χ2v) is 6.68. The first kappa shape index (κ1) is 20.3. The minimum atomic E-state index is -0.262. The third-order valence-corrected chi connectivity index (χ3v) is 4.58. The summed E-state index contributed by atoms with van der Waals surface area (Å²) in [6.07, 6.45) is 0. The molecule has 0 spiro atoms. The van der Waals surface area contributed by atoms with Crippen LogP contribution in [0.5, 0.6) is 0 Å². The summed E-state index contributed by atoms with van der Waals surface area (Å²) in [7, 11) is 1.68. The molecule has 3 N–H and O–H groups in total. The number of carbonyl (C=O) groups is 2. The number of rotatable bonds is 5. The zero-order valence-corrected chi connectivity index (χ0v) is 16.2. The maximum Gasteiger partial charge on any atom is 0.254 e. The number of hydrogen-bond acceptors (Lipinski definition) is 3. The molecule has 152 valence electrons. The van der Waals surface area contributed by atoms with Crippen molar-refractivity contribution in [3.05, 3.63) is 71.0 Å². The number of amides is 2. The highest BCUT2D eigenvalue weighted by atomic mass is 19.1. The first-order chi connectivity index (χ1) is 14.0. The van der Waals surface area contributed by atoms with E-state index < -0.39 is 0 Å². The van der Waals surface area contributed by atoms with Crippen molar-refractivity contribution < 1.29 is 14.0 Å². The fraction of sp³-hybridized carbons (Fsp3) is 0.286. The van der Waals surface area contributed by atoms with Crippen molar-refractivity contribution in [1.29, 1.82) is 0 Å². The van der Waals surface area contributed by atoms with Gasteiger partial charge in [0.2, 0.25) is 5.91 Å². The molecule has 0 unspecified atom stereocenters.